The summed E-state index contributed by atoms with van der Waals surface area (Å²) in [5.74, 6) is -0.166. The van der Waals surface area contributed by atoms with Crippen LogP contribution in [-0.2, 0) is 4.74 Å². The van der Waals surface area contributed by atoms with Crippen LogP contribution in [0.4, 0.5) is 0 Å². The average molecular weight is 319 g/mol. The van der Waals surface area contributed by atoms with Crippen LogP contribution < -0.4 is 5.32 Å². The molecule has 2 rings (SSSR count). The van der Waals surface area contributed by atoms with E-state index in [4.69, 9.17) is 4.74 Å². The summed E-state index contributed by atoms with van der Waals surface area (Å²) in [5, 5.41) is 25.7. The van der Waals surface area contributed by atoms with Gasteiger partial charge >= 0.3 is 5.70 Å². The van der Waals surface area contributed by atoms with Crippen LogP contribution in [0.2, 0.25) is 0 Å². The van der Waals surface area contributed by atoms with Crippen LogP contribution in [0.25, 0.3) is 0 Å². The lowest BCUT2D eigenvalue weighted by molar-refractivity contribution is -0.433. The molecule has 7 heteroatoms. The maximum atomic E-state index is 11.5. The normalized spacial score (nSPS) is 18.8. The molecule has 6 nitrogen and oxygen atoms in total. The maximum absolute atomic E-state index is 11.5. The van der Waals surface area contributed by atoms with Crippen molar-refractivity contribution < 1.29 is 9.66 Å². The van der Waals surface area contributed by atoms with Gasteiger partial charge < -0.3 is 10.1 Å². The Bertz CT molecular complexity index is 691. The molecule has 0 bridgehead atoms. The van der Waals surface area contributed by atoms with Crippen LogP contribution in [0.5, 0.6) is 0 Å². The van der Waals surface area contributed by atoms with E-state index in [2.05, 4.69) is 11.4 Å². The third-order valence-corrected chi connectivity index (χ3v) is 4.23. The molecule has 0 saturated heterocycles. The Balaban J connectivity index is 2.74. The molecule has 22 heavy (non-hydrogen) atoms. The van der Waals surface area contributed by atoms with Gasteiger partial charge in [0, 0.05) is 17.3 Å². The highest BCUT2D eigenvalue weighted by Crippen LogP contribution is 2.45. The van der Waals surface area contributed by atoms with Crippen molar-refractivity contribution in [2.45, 2.75) is 26.7 Å². The molecule has 1 unspecified atom stereocenters. The lowest BCUT2D eigenvalue weighted by atomic mass is 9.83. The molecular formula is C15H17N3O3S. The van der Waals surface area contributed by atoms with Crippen molar-refractivity contribution in [3.8, 4) is 6.07 Å². The summed E-state index contributed by atoms with van der Waals surface area (Å²) in [6.07, 6.45) is 0. The number of allylic oxidation sites excluding steroid dienone is 2. The molecular weight excluding hydrogens is 302 g/mol. The number of nitriles is 1. The number of hydrogen-bond acceptors (Lipinski definition) is 6. The summed E-state index contributed by atoms with van der Waals surface area (Å²) in [6.45, 7) is 5.74. The van der Waals surface area contributed by atoms with Gasteiger partial charge in [-0.1, -0.05) is 26.8 Å². The Morgan fingerprint density at radius 2 is 2.18 bits per heavy atom. The topological polar surface area (TPSA) is 88.2 Å². The Kier molecular flexibility index (Phi) is 4.24. The minimum atomic E-state index is -0.717. The number of rotatable bonds is 3. The largest absolute Gasteiger partial charge is 0.438 e. The summed E-state index contributed by atoms with van der Waals surface area (Å²) in [5.41, 5.74) is -0.278. The van der Waals surface area contributed by atoms with E-state index < -0.39 is 16.3 Å². The SMILES string of the molecule is CNC1=C([N+](=O)[O-])C(c2cccs2)C(C#N)=C(C(C)(C)C)O1. The molecule has 1 aromatic rings. The van der Waals surface area contributed by atoms with Crippen LogP contribution in [0.3, 0.4) is 0 Å². The van der Waals surface area contributed by atoms with Crippen molar-refractivity contribution in [2.75, 3.05) is 7.05 Å². The smallest absolute Gasteiger partial charge is 0.319 e. The van der Waals surface area contributed by atoms with E-state index in [9.17, 15) is 15.4 Å². The number of nitro groups is 1. The van der Waals surface area contributed by atoms with Gasteiger partial charge in [0.2, 0.25) is 0 Å². The Morgan fingerprint density at radius 3 is 2.59 bits per heavy atom. The zero-order valence-corrected chi connectivity index (χ0v) is 13.7. The van der Waals surface area contributed by atoms with E-state index in [1.165, 1.54) is 11.3 Å². The third-order valence-electron chi connectivity index (χ3n) is 3.30. The first-order chi connectivity index (χ1) is 10.3. The fourth-order valence-corrected chi connectivity index (χ4v) is 3.22. The molecule has 1 aromatic heterocycles. The van der Waals surface area contributed by atoms with Gasteiger partial charge in [0.15, 0.2) is 0 Å². The Labute approximate surface area is 132 Å². The fraction of sp³-hybridized carbons (Fsp3) is 0.400. The number of thiophene rings is 1. The first-order valence-electron chi connectivity index (χ1n) is 6.73. The molecule has 0 aliphatic carbocycles. The highest BCUT2D eigenvalue weighted by Gasteiger charge is 2.44. The predicted octanol–water partition coefficient (Wildman–Crippen LogP) is 3.35. The van der Waals surface area contributed by atoms with Crippen molar-refractivity contribution in [2.24, 2.45) is 5.41 Å². The van der Waals surface area contributed by atoms with Gasteiger partial charge in [0.1, 0.15) is 11.7 Å². The van der Waals surface area contributed by atoms with Gasteiger partial charge in [-0.05, 0) is 11.4 Å². The summed E-state index contributed by atoms with van der Waals surface area (Å²) in [4.78, 5) is 11.8. The Morgan fingerprint density at radius 1 is 1.50 bits per heavy atom. The molecule has 0 spiro atoms. The van der Waals surface area contributed by atoms with Gasteiger partial charge in [0.25, 0.3) is 5.88 Å². The molecule has 0 aromatic carbocycles. The molecule has 1 N–H and O–H groups in total. The zero-order valence-electron chi connectivity index (χ0n) is 12.8. The number of ether oxygens (including phenoxy) is 1. The fourth-order valence-electron chi connectivity index (χ4n) is 2.38. The standard InChI is InChI=1S/C15H17N3O3S/c1-15(2,3)13-9(8-16)11(10-6-5-7-22-10)12(18(19)20)14(17-4)21-13/h5-7,11,17H,1-4H3. The summed E-state index contributed by atoms with van der Waals surface area (Å²) in [7, 11) is 1.57. The molecule has 1 aliphatic heterocycles. The molecule has 116 valence electrons. The second-order valence-corrected chi connectivity index (χ2v) is 6.86. The highest BCUT2D eigenvalue weighted by molar-refractivity contribution is 7.10. The minimum absolute atomic E-state index is 0.0901. The second-order valence-electron chi connectivity index (χ2n) is 5.88. The molecule has 0 radical (unpaired) electrons. The quantitative estimate of drug-likeness (QED) is 0.682. The first kappa shape index (κ1) is 16.0. The molecule has 0 saturated carbocycles. The summed E-state index contributed by atoms with van der Waals surface area (Å²) < 4.78 is 5.69. The average Bonchev–Trinajstić information content (AvgIpc) is 2.97. The maximum Gasteiger partial charge on any atom is 0.319 e. The van der Waals surface area contributed by atoms with Crippen molar-refractivity contribution in [1.82, 2.24) is 5.32 Å². The summed E-state index contributed by atoms with van der Waals surface area (Å²) in [6, 6.07) is 5.74. The monoisotopic (exact) mass is 319 g/mol. The number of hydrogen-bond donors (Lipinski definition) is 1. The Hall–Kier alpha value is -2.33. The van der Waals surface area contributed by atoms with E-state index in [1.54, 1.807) is 13.1 Å². The van der Waals surface area contributed by atoms with Crippen LogP contribution >= 0.6 is 11.3 Å². The number of nitrogens with one attached hydrogen (secondary N) is 1. The van der Waals surface area contributed by atoms with E-state index in [1.807, 2.05) is 32.2 Å². The third kappa shape index (κ3) is 2.70. The van der Waals surface area contributed by atoms with Gasteiger partial charge in [0.05, 0.1) is 16.6 Å². The molecule has 1 atom stereocenters. The number of nitrogens with zero attached hydrogens (tertiary/aromatic N) is 2. The molecule has 2 heterocycles. The second kappa shape index (κ2) is 5.81. The lowest BCUT2D eigenvalue weighted by Gasteiger charge is -2.31. The van der Waals surface area contributed by atoms with E-state index in [0.29, 0.717) is 11.3 Å². The van der Waals surface area contributed by atoms with E-state index in [0.717, 1.165) is 4.88 Å². The van der Waals surface area contributed by atoms with Crippen LogP contribution in [0.15, 0.2) is 40.4 Å². The predicted molar refractivity (Wildman–Crippen MR) is 83.3 cm³/mol. The molecule has 1 aliphatic rings. The van der Waals surface area contributed by atoms with Crippen LogP contribution in [0.1, 0.15) is 31.6 Å². The zero-order chi connectivity index (χ0) is 16.5. The first-order valence-corrected chi connectivity index (χ1v) is 7.61. The van der Waals surface area contributed by atoms with E-state index >= 15 is 0 Å². The van der Waals surface area contributed by atoms with Crippen molar-refractivity contribution in [3.63, 3.8) is 0 Å². The minimum Gasteiger partial charge on any atom is -0.438 e. The van der Waals surface area contributed by atoms with Gasteiger partial charge in [-0.2, -0.15) is 5.26 Å². The van der Waals surface area contributed by atoms with Crippen molar-refractivity contribution in [1.29, 1.82) is 5.26 Å². The van der Waals surface area contributed by atoms with Gasteiger partial charge in [-0.25, -0.2) is 0 Å². The highest BCUT2D eigenvalue weighted by atomic mass is 32.1. The van der Waals surface area contributed by atoms with Crippen LogP contribution in [0, 0.1) is 26.9 Å². The molecule has 0 fully saturated rings. The van der Waals surface area contributed by atoms with Crippen LogP contribution in [-0.4, -0.2) is 12.0 Å². The van der Waals surface area contributed by atoms with Gasteiger partial charge in [-0.15, -0.1) is 11.3 Å². The van der Waals surface area contributed by atoms with Gasteiger partial charge in [-0.3, -0.25) is 10.1 Å². The van der Waals surface area contributed by atoms with Crippen molar-refractivity contribution in [3.05, 3.63) is 55.4 Å². The summed E-state index contributed by atoms with van der Waals surface area (Å²) >= 11 is 1.39. The van der Waals surface area contributed by atoms with E-state index in [-0.39, 0.29) is 11.6 Å². The lowest BCUT2D eigenvalue weighted by Crippen LogP contribution is -2.30. The van der Waals surface area contributed by atoms with Crippen molar-refractivity contribution >= 4 is 11.3 Å². The molecule has 0 amide bonds.